The van der Waals surface area contributed by atoms with Crippen LogP contribution in [0.25, 0.3) is 11.3 Å². The number of aromatic hydroxyl groups is 1. The van der Waals surface area contributed by atoms with Crippen molar-refractivity contribution in [2.45, 2.75) is 0 Å². The molecule has 0 fully saturated rings. The molecule has 0 amide bonds. The predicted molar refractivity (Wildman–Crippen MR) is 78.3 cm³/mol. The van der Waals surface area contributed by atoms with Gasteiger partial charge in [-0.3, -0.25) is 0 Å². The van der Waals surface area contributed by atoms with Gasteiger partial charge in [0.15, 0.2) is 0 Å². The second kappa shape index (κ2) is 5.27. The Kier molecular flexibility index (Phi) is 3.31. The highest BCUT2D eigenvalue weighted by atomic mass is 35.5. The molecule has 20 heavy (non-hydrogen) atoms. The van der Waals surface area contributed by atoms with Crippen LogP contribution in [0.3, 0.4) is 0 Å². The lowest BCUT2D eigenvalue weighted by Gasteiger charge is -2.00. The summed E-state index contributed by atoms with van der Waals surface area (Å²) in [7, 11) is 0. The zero-order chi connectivity index (χ0) is 13.9. The molecule has 0 bridgehead atoms. The van der Waals surface area contributed by atoms with E-state index < -0.39 is 0 Å². The maximum atomic E-state index is 9.22. The predicted octanol–water partition coefficient (Wildman–Crippen LogP) is 4.44. The Balaban J connectivity index is 1.80. The second-order valence-electron chi connectivity index (χ2n) is 4.22. The van der Waals surface area contributed by atoms with Gasteiger partial charge in [-0.1, -0.05) is 23.7 Å². The molecule has 0 unspecified atom stereocenters. The number of oxazole rings is 1. The number of rotatable bonds is 3. The molecule has 0 aliphatic heterocycles. The van der Waals surface area contributed by atoms with Gasteiger partial charge in [0, 0.05) is 16.3 Å². The van der Waals surface area contributed by atoms with Crippen molar-refractivity contribution in [3.63, 3.8) is 0 Å². The van der Waals surface area contributed by atoms with Crippen molar-refractivity contribution < 1.29 is 9.52 Å². The average molecular weight is 287 g/mol. The molecule has 5 heteroatoms. The van der Waals surface area contributed by atoms with Crippen molar-refractivity contribution >= 4 is 23.3 Å². The van der Waals surface area contributed by atoms with Crippen LogP contribution >= 0.6 is 11.6 Å². The Hall–Kier alpha value is -2.46. The number of nitrogens with one attached hydrogen (secondary N) is 1. The minimum atomic E-state index is 0.213. The van der Waals surface area contributed by atoms with Crippen LogP contribution in [0.4, 0.5) is 11.7 Å². The van der Waals surface area contributed by atoms with E-state index in [9.17, 15) is 5.11 Å². The Morgan fingerprint density at radius 2 is 1.70 bits per heavy atom. The van der Waals surface area contributed by atoms with Gasteiger partial charge in [0.2, 0.25) is 0 Å². The molecular formula is C15H11ClN2O2. The lowest BCUT2D eigenvalue weighted by molar-refractivity contribution is 0.475. The van der Waals surface area contributed by atoms with Crippen LogP contribution in [0.2, 0.25) is 5.02 Å². The van der Waals surface area contributed by atoms with E-state index in [4.69, 9.17) is 16.0 Å². The van der Waals surface area contributed by atoms with Crippen LogP contribution in [-0.4, -0.2) is 10.1 Å². The molecule has 100 valence electrons. The monoisotopic (exact) mass is 286 g/mol. The first-order chi connectivity index (χ1) is 9.70. The Morgan fingerprint density at radius 1 is 1.00 bits per heavy atom. The van der Waals surface area contributed by atoms with Gasteiger partial charge in [-0.15, -0.1) is 0 Å². The number of phenolic OH excluding ortho intramolecular Hbond substituents is 1. The van der Waals surface area contributed by atoms with E-state index in [2.05, 4.69) is 10.3 Å². The number of aromatic nitrogens is 1. The lowest BCUT2D eigenvalue weighted by atomic mass is 10.2. The van der Waals surface area contributed by atoms with Crippen LogP contribution < -0.4 is 5.32 Å². The van der Waals surface area contributed by atoms with Gasteiger partial charge >= 0.3 is 0 Å². The van der Waals surface area contributed by atoms with Gasteiger partial charge in [-0.25, -0.2) is 0 Å². The normalized spacial score (nSPS) is 10.4. The average Bonchev–Trinajstić information content (AvgIpc) is 2.91. The van der Waals surface area contributed by atoms with Crippen LogP contribution in [-0.2, 0) is 0 Å². The van der Waals surface area contributed by atoms with Crippen molar-refractivity contribution in [3.05, 3.63) is 59.8 Å². The molecule has 0 saturated heterocycles. The molecule has 0 aliphatic carbocycles. The molecule has 3 aromatic rings. The fraction of sp³-hybridized carbons (Fsp3) is 0. The third-order valence-electron chi connectivity index (χ3n) is 2.76. The number of benzene rings is 2. The third kappa shape index (κ3) is 2.75. The molecule has 2 aromatic carbocycles. The van der Waals surface area contributed by atoms with Crippen molar-refractivity contribution in [2.75, 3.05) is 5.32 Å². The largest absolute Gasteiger partial charge is 0.508 e. The summed E-state index contributed by atoms with van der Waals surface area (Å²) in [5, 5.41) is 12.9. The molecule has 2 N–H and O–H groups in total. The van der Waals surface area contributed by atoms with Crippen molar-refractivity contribution in [1.82, 2.24) is 4.98 Å². The highest BCUT2D eigenvalue weighted by molar-refractivity contribution is 6.30. The van der Waals surface area contributed by atoms with E-state index in [0.29, 0.717) is 11.0 Å². The van der Waals surface area contributed by atoms with E-state index in [1.54, 1.807) is 42.7 Å². The summed E-state index contributed by atoms with van der Waals surface area (Å²) in [6.07, 6.45) is 1.58. The van der Waals surface area contributed by atoms with E-state index in [0.717, 1.165) is 16.9 Å². The van der Waals surface area contributed by atoms with Crippen LogP contribution in [0.1, 0.15) is 0 Å². The van der Waals surface area contributed by atoms with E-state index >= 15 is 0 Å². The summed E-state index contributed by atoms with van der Waals surface area (Å²) in [5.74, 6) is 0.213. The summed E-state index contributed by atoms with van der Waals surface area (Å²) >= 11 is 5.85. The number of hydrogen-bond acceptors (Lipinski definition) is 4. The Labute approximate surface area is 120 Å². The number of anilines is 2. The zero-order valence-corrected chi connectivity index (χ0v) is 11.1. The summed E-state index contributed by atoms with van der Waals surface area (Å²) in [6, 6.07) is 14.4. The molecule has 1 aromatic heterocycles. The first-order valence-corrected chi connectivity index (χ1v) is 6.36. The van der Waals surface area contributed by atoms with E-state index in [-0.39, 0.29) is 5.75 Å². The Morgan fingerprint density at radius 3 is 2.40 bits per heavy atom. The summed E-state index contributed by atoms with van der Waals surface area (Å²) in [5.41, 5.74) is 2.44. The minimum absolute atomic E-state index is 0.213. The van der Waals surface area contributed by atoms with Gasteiger partial charge in [-0.05, 0) is 36.4 Å². The smallest absolute Gasteiger partial charge is 0.299 e. The second-order valence-corrected chi connectivity index (χ2v) is 4.65. The molecule has 0 spiro atoms. The molecular weight excluding hydrogens is 276 g/mol. The van der Waals surface area contributed by atoms with E-state index in [1.807, 2.05) is 12.1 Å². The maximum absolute atomic E-state index is 9.22. The fourth-order valence-electron chi connectivity index (χ4n) is 1.75. The maximum Gasteiger partial charge on any atom is 0.299 e. The number of halogens is 1. The fourth-order valence-corrected chi connectivity index (χ4v) is 1.88. The van der Waals surface area contributed by atoms with Crippen molar-refractivity contribution in [1.29, 1.82) is 0 Å². The van der Waals surface area contributed by atoms with Crippen LogP contribution in [0.5, 0.6) is 5.75 Å². The summed E-state index contributed by atoms with van der Waals surface area (Å²) in [6.45, 7) is 0. The van der Waals surface area contributed by atoms with Crippen molar-refractivity contribution in [3.8, 4) is 17.0 Å². The standard InChI is InChI=1S/C15H11ClN2O2/c16-11-3-1-10(2-4-11)14-9-20-15(18-14)17-12-5-7-13(19)8-6-12/h1-9,19H,(H,17,18). The van der Waals surface area contributed by atoms with Gasteiger partial charge in [0.05, 0.1) is 0 Å². The number of nitrogens with zero attached hydrogens (tertiary/aromatic N) is 1. The minimum Gasteiger partial charge on any atom is -0.508 e. The SMILES string of the molecule is Oc1ccc(Nc2nc(-c3ccc(Cl)cc3)co2)cc1. The lowest BCUT2D eigenvalue weighted by Crippen LogP contribution is -1.89. The quantitative estimate of drug-likeness (QED) is 0.699. The molecule has 0 aliphatic rings. The van der Waals surface area contributed by atoms with Gasteiger partial charge in [0.1, 0.15) is 17.7 Å². The summed E-state index contributed by atoms with van der Waals surface area (Å²) < 4.78 is 5.37. The summed E-state index contributed by atoms with van der Waals surface area (Å²) in [4.78, 5) is 4.34. The molecule has 3 rings (SSSR count). The topological polar surface area (TPSA) is 58.3 Å². The number of hydrogen-bond donors (Lipinski definition) is 2. The highest BCUT2D eigenvalue weighted by Gasteiger charge is 2.06. The van der Waals surface area contributed by atoms with Gasteiger partial charge < -0.3 is 14.8 Å². The van der Waals surface area contributed by atoms with Crippen molar-refractivity contribution in [2.24, 2.45) is 0 Å². The van der Waals surface area contributed by atoms with Crippen LogP contribution in [0, 0.1) is 0 Å². The molecule has 0 atom stereocenters. The van der Waals surface area contributed by atoms with E-state index in [1.165, 1.54) is 0 Å². The number of phenols is 1. The Bertz CT molecular complexity index is 705. The molecule has 4 nitrogen and oxygen atoms in total. The molecule has 0 saturated carbocycles. The zero-order valence-electron chi connectivity index (χ0n) is 10.4. The first kappa shape index (κ1) is 12.6. The van der Waals surface area contributed by atoms with Gasteiger partial charge in [-0.2, -0.15) is 4.98 Å². The third-order valence-corrected chi connectivity index (χ3v) is 3.01. The highest BCUT2D eigenvalue weighted by Crippen LogP contribution is 2.24. The van der Waals surface area contributed by atoms with Gasteiger partial charge in [0.25, 0.3) is 6.01 Å². The molecule has 1 heterocycles. The van der Waals surface area contributed by atoms with Crippen LogP contribution in [0.15, 0.2) is 59.2 Å². The first-order valence-electron chi connectivity index (χ1n) is 5.98. The molecule has 0 radical (unpaired) electrons.